The first kappa shape index (κ1) is 7.37. The molecule has 13 heavy (non-hydrogen) atoms. The van der Waals surface area contributed by atoms with Gasteiger partial charge in [-0.25, -0.2) is 0 Å². The van der Waals surface area contributed by atoms with Gasteiger partial charge in [0.15, 0.2) is 0 Å². The van der Waals surface area contributed by atoms with Gasteiger partial charge in [0, 0.05) is 10.8 Å². The molecule has 0 nitrogen and oxygen atoms in total. The van der Waals surface area contributed by atoms with Gasteiger partial charge in [0.25, 0.3) is 0 Å². The summed E-state index contributed by atoms with van der Waals surface area (Å²) in [4.78, 5) is 0. The standard InChI is InChI=1S/C13H14/c1-12-7-8-13(2,9-12)11-6-4-3-5-10(11)12/h3-8H,9H2,1-2H3. The molecule has 2 atom stereocenters. The normalized spacial score (nSPS) is 39.5. The minimum atomic E-state index is 0.325. The molecule has 0 spiro atoms. The first-order valence-electron chi connectivity index (χ1n) is 4.95. The van der Waals surface area contributed by atoms with E-state index in [1.165, 1.54) is 6.42 Å². The van der Waals surface area contributed by atoms with Crippen LogP contribution in [0.4, 0.5) is 0 Å². The van der Waals surface area contributed by atoms with Crippen molar-refractivity contribution < 1.29 is 0 Å². The molecule has 0 saturated carbocycles. The summed E-state index contributed by atoms with van der Waals surface area (Å²) in [6, 6.07) is 8.87. The summed E-state index contributed by atoms with van der Waals surface area (Å²) in [5.41, 5.74) is 3.73. The van der Waals surface area contributed by atoms with Gasteiger partial charge in [0.2, 0.25) is 0 Å². The minimum Gasteiger partial charge on any atom is -0.0773 e. The molecule has 0 saturated heterocycles. The van der Waals surface area contributed by atoms with Gasteiger partial charge in [0.05, 0.1) is 0 Å². The lowest BCUT2D eigenvalue weighted by Gasteiger charge is -2.21. The smallest absolute Gasteiger partial charge is 0.0118 e. The Morgan fingerprint density at radius 2 is 1.38 bits per heavy atom. The zero-order chi connectivity index (χ0) is 9.10. The molecule has 2 aliphatic rings. The van der Waals surface area contributed by atoms with Crippen LogP contribution in [0.15, 0.2) is 36.4 Å². The summed E-state index contributed by atoms with van der Waals surface area (Å²) < 4.78 is 0. The van der Waals surface area contributed by atoms with Crippen molar-refractivity contribution in [3.05, 3.63) is 47.5 Å². The van der Waals surface area contributed by atoms with Crippen LogP contribution in [0.1, 0.15) is 31.4 Å². The molecule has 0 N–H and O–H groups in total. The lowest BCUT2D eigenvalue weighted by atomic mass is 9.84. The Morgan fingerprint density at radius 3 is 1.85 bits per heavy atom. The van der Waals surface area contributed by atoms with Gasteiger partial charge in [-0.05, 0) is 17.5 Å². The highest BCUT2D eigenvalue weighted by Gasteiger charge is 2.48. The second kappa shape index (κ2) is 1.89. The largest absolute Gasteiger partial charge is 0.0773 e. The highest BCUT2D eigenvalue weighted by Crippen LogP contribution is 2.55. The van der Waals surface area contributed by atoms with Crippen molar-refractivity contribution in [2.45, 2.75) is 31.1 Å². The Morgan fingerprint density at radius 1 is 0.923 bits per heavy atom. The molecule has 0 amide bonds. The van der Waals surface area contributed by atoms with E-state index >= 15 is 0 Å². The molecule has 2 aliphatic carbocycles. The maximum absolute atomic E-state index is 2.38. The predicted molar refractivity (Wildman–Crippen MR) is 54.9 cm³/mol. The molecule has 0 aromatic heterocycles. The molecule has 2 unspecified atom stereocenters. The zero-order valence-electron chi connectivity index (χ0n) is 8.17. The molecule has 3 rings (SSSR count). The summed E-state index contributed by atoms with van der Waals surface area (Å²) in [6.45, 7) is 4.70. The number of hydrogen-bond acceptors (Lipinski definition) is 0. The van der Waals surface area contributed by atoms with Crippen LogP contribution in [-0.4, -0.2) is 0 Å². The number of benzene rings is 1. The second-order valence-electron chi connectivity index (χ2n) is 4.89. The van der Waals surface area contributed by atoms with Gasteiger partial charge in [0.1, 0.15) is 0 Å². The Hall–Kier alpha value is -1.04. The van der Waals surface area contributed by atoms with Crippen LogP contribution >= 0.6 is 0 Å². The van der Waals surface area contributed by atoms with Crippen LogP contribution in [-0.2, 0) is 10.8 Å². The fourth-order valence-electron chi connectivity index (χ4n) is 3.10. The maximum Gasteiger partial charge on any atom is 0.0118 e. The molecule has 0 fully saturated rings. The number of hydrogen-bond donors (Lipinski definition) is 0. The van der Waals surface area contributed by atoms with E-state index < -0.39 is 0 Å². The van der Waals surface area contributed by atoms with E-state index in [2.05, 4.69) is 50.3 Å². The minimum absolute atomic E-state index is 0.325. The Kier molecular flexibility index (Phi) is 1.07. The highest BCUT2D eigenvalue weighted by molar-refractivity contribution is 5.55. The molecule has 0 aliphatic heterocycles. The Labute approximate surface area is 79.3 Å². The molecule has 2 bridgehead atoms. The molecule has 0 heteroatoms. The van der Waals surface area contributed by atoms with Gasteiger partial charge < -0.3 is 0 Å². The quantitative estimate of drug-likeness (QED) is 0.525. The molecule has 0 radical (unpaired) electrons. The van der Waals surface area contributed by atoms with E-state index in [0.717, 1.165) is 0 Å². The SMILES string of the molecule is CC12C=CC(C)(C1)c1ccccc12. The van der Waals surface area contributed by atoms with Gasteiger partial charge in [-0.2, -0.15) is 0 Å². The number of allylic oxidation sites excluding steroid dienone is 2. The van der Waals surface area contributed by atoms with E-state index in [1.807, 2.05) is 0 Å². The molecular formula is C13H14. The lowest BCUT2D eigenvalue weighted by Crippen LogP contribution is -2.12. The van der Waals surface area contributed by atoms with Gasteiger partial charge in [-0.1, -0.05) is 50.3 Å². The topological polar surface area (TPSA) is 0 Å². The van der Waals surface area contributed by atoms with Crippen LogP contribution < -0.4 is 0 Å². The molecule has 66 valence electrons. The van der Waals surface area contributed by atoms with Crippen LogP contribution in [0.5, 0.6) is 0 Å². The molecule has 1 aromatic rings. The van der Waals surface area contributed by atoms with Gasteiger partial charge >= 0.3 is 0 Å². The third kappa shape index (κ3) is 0.720. The van der Waals surface area contributed by atoms with E-state index in [9.17, 15) is 0 Å². The van der Waals surface area contributed by atoms with Gasteiger partial charge in [-0.15, -0.1) is 0 Å². The first-order valence-corrected chi connectivity index (χ1v) is 4.95. The maximum atomic E-state index is 2.38. The van der Waals surface area contributed by atoms with Crippen LogP contribution in [0.2, 0.25) is 0 Å². The summed E-state index contributed by atoms with van der Waals surface area (Å²) >= 11 is 0. The number of fused-ring (bicyclic) bond motifs is 5. The first-order chi connectivity index (χ1) is 6.14. The monoisotopic (exact) mass is 170 g/mol. The molecule has 1 aromatic carbocycles. The third-order valence-electron chi connectivity index (χ3n) is 3.71. The highest BCUT2D eigenvalue weighted by atomic mass is 14.5. The Bertz CT molecular complexity index is 365. The average molecular weight is 170 g/mol. The van der Waals surface area contributed by atoms with Crippen molar-refractivity contribution in [3.8, 4) is 0 Å². The summed E-state index contributed by atoms with van der Waals surface area (Å²) in [6.07, 6.45) is 6.03. The third-order valence-corrected chi connectivity index (χ3v) is 3.71. The van der Waals surface area contributed by atoms with E-state index in [4.69, 9.17) is 0 Å². The predicted octanol–water partition coefficient (Wildman–Crippen LogP) is 3.18. The molecular weight excluding hydrogens is 156 g/mol. The van der Waals surface area contributed by atoms with Gasteiger partial charge in [-0.3, -0.25) is 0 Å². The van der Waals surface area contributed by atoms with Crippen LogP contribution in [0.3, 0.4) is 0 Å². The second-order valence-corrected chi connectivity index (χ2v) is 4.89. The van der Waals surface area contributed by atoms with E-state index in [1.54, 1.807) is 11.1 Å². The summed E-state index contributed by atoms with van der Waals surface area (Å²) in [5, 5.41) is 0. The molecule has 0 heterocycles. The summed E-state index contributed by atoms with van der Waals surface area (Å²) in [7, 11) is 0. The van der Waals surface area contributed by atoms with E-state index in [0.29, 0.717) is 10.8 Å². The fourth-order valence-corrected chi connectivity index (χ4v) is 3.10. The zero-order valence-corrected chi connectivity index (χ0v) is 8.17. The van der Waals surface area contributed by atoms with Crippen LogP contribution in [0, 0.1) is 0 Å². The summed E-state index contributed by atoms with van der Waals surface area (Å²) in [5.74, 6) is 0. The van der Waals surface area contributed by atoms with Crippen molar-refractivity contribution in [2.75, 3.05) is 0 Å². The fraction of sp³-hybridized carbons (Fsp3) is 0.385. The van der Waals surface area contributed by atoms with E-state index in [-0.39, 0.29) is 0 Å². The van der Waals surface area contributed by atoms with Crippen molar-refractivity contribution in [2.24, 2.45) is 0 Å². The van der Waals surface area contributed by atoms with Crippen molar-refractivity contribution in [1.29, 1.82) is 0 Å². The van der Waals surface area contributed by atoms with Crippen molar-refractivity contribution >= 4 is 0 Å². The van der Waals surface area contributed by atoms with Crippen LogP contribution in [0.25, 0.3) is 0 Å². The number of rotatable bonds is 0. The van der Waals surface area contributed by atoms with Crippen molar-refractivity contribution in [3.63, 3.8) is 0 Å². The van der Waals surface area contributed by atoms with Crippen molar-refractivity contribution in [1.82, 2.24) is 0 Å². The average Bonchev–Trinajstić information content (AvgIpc) is 2.55. The Balaban J connectivity index is 2.35. The lowest BCUT2D eigenvalue weighted by molar-refractivity contribution is 0.517.